The summed E-state index contributed by atoms with van der Waals surface area (Å²) in [5.41, 5.74) is 1.33. The molecule has 23 heavy (non-hydrogen) atoms. The van der Waals surface area contributed by atoms with Gasteiger partial charge in [-0.2, -0.15) is 0 Å². The van der Waals surface area contributed by atoms with E-state index < -0.39 is 0 Å². The molecule has 1 amide bonds. The van der Waals surface area contributed by atoms with Gasteiger partial charge >= 0.3 is 0 Å². The van der Waals surface area contributed by atoms with E-state index in [0.29, 0.717) is 12.6 Å². The molecule has 2 heterocycles. The van der Waals surface area contributed by atoms with Gasteiger partial charge in [-0.3, -0.25) is 9.69 Å². The van der Waals surface area contributed by atoms with Crippen LogP contribution in [0.1, 0.15) is 31.9 Å². The molecule has 1 aromatic rings. The number of carbonyl (C=O) groups is 1. The molecule has 2 aliphatic rings. The van der Waals surface area contributed by atoms with Gasteiger partial charge < -0.3 is 15.4 Å². The Morgan fingerprint density at radius 3 is 2.91 bits per heavy atom. The minimum atomic E-state index is -0.232. The van der Waals surface area contributed by atoms with E-state index in [0.717, 1.165) is 26.1 Å². The number of rotatable bonds is 4. The fraction of sp³-hybridized carbons (Fsp3) is 0.611. The molecule has 2 fully saturated rings. The summed E-state index contributed by atoms with van der Waals surface area (Å²) in [6.07, 6.45) is 0.940. The summed E-state index contributed by atoms with van der Waals surface area (Å²) in [5, 5.41) is 6.44. The second-order valence-electron chi connectivity index (χ2n) is 6.58. The normalized spacial score (nSPS) is 30.1. The lowest BCUT2D eigenvalue weighted by atomic mass is 10.1. The largest absolute Gasteiger partial charge is 0.375 e. The number of hydrogen-bond donors (Lipinski definition) is 2. The lowest BCUT2D eigenvalue weighted by Crippen LogP contribution is -2.57. The third-order valence-electron chi connectivity index (χ3n) is 4.99. The van der Waals surface area contributed by atoms with Crippen molar-refractivity contribution in [2.45, 2.75) is 44.5 Å². The van der Waals surface area contributed by atoms with Crippen LogP contribution in [0.4, 0.5) is 0 Å². The Bertz CT molecular complexity index is 522. The maximum absolute atomic E-state index is 12.4. The van der Waals surface area contributed by atoms with Crippen molar-refractivity contribution >= 4 is 5.91 Å². The number of nitrogens with zero attached hydrogens (tertiary/aromatic N) is 1. The topological polar surface area (TPSA) is 53.6 Å². The molecule has 2 aliphatic heterocycles. The summed E-state index contributed by atoms with van der Waals surface area (Å²) in [6, 6.07) is 10.9. The summed E-state index contributed by atoms with van der Waals surface area (Å²) in [6.45, 7) is 7.53. The van der Waals surface area contributed by atoms with E-state index >= 15 is 0 Å². The summed E-state index contributed by atoms with van der Waals surface area (Å²) < 4.78 is 5.56. The lowest BCUT2D eigenvalue weighted by molar-refractivity contribution is -0.129. The predicted octanol–water partition coefficient (Wildman–Crippen LogP) is 1.31. The van der Waals surface area contributed by atoms with Crippen LogP contribution in [0.2, 0.25) is 0 Å². The minimum Gasteiger partial charge on any atom is -0.375 e. The number of ether oxygens (including phenoxy) is 1. The third kappa shape index (κ3) is 3.91. The summed E-state index contributed by atoms with van der Waals surface area (Å²) in [5.74, 6) is 0.0661. The van der Waals surface area contributed by atoms with E-state index in [9.17, 15) is 4.79 Å². The van der Waals surface area contributed by atoms with Crippen molar-refractivity contribution in [3.05, 3.63) is 35.9 Å². The Hall–Kier alpha value is -1.43. The molecule has 0 radical (unpaired) electrons. The average Bonchev–Trinajstić information content (AvgIpc) is 3.03. The molecular formula is C18H27N3O2. The first kappa shape index (κ1) is 16.4. The van der Waals surface area contributed by atoms with Crippen molar-refractivity contribution in [3.63, 3.8) is 0 Å². The molecule has 0 saturated carbocycles. The molecule has 3 rings (SSSR count). The SMILES string of the molecule is CC(c1ccccc1)N1CCC(NC(=O)[C@H]2NCCO[C@@H]2C)C1. The number of carbonyl (C=O) groups excluding carboxylic acids is 1. The second kappa shape index (κ2) is 7.43. The molecule has 4 atom stereocenters. The maximum Gasteiger partial charge on any atom is 0.240 e. The van der Waals surface area contributed by atoms with Crippen LogP contribution in [-0.4, -0.2) is 55.2 Å². The Labute approximate surface area is 138 Å². The van der Waals surface area contributed by atoms with E-state index in [2.05, 4.69) is 46.7 Å². The molecular weight excluding hydrogens is 290 g/mol. The summed E-state index contributed by atoms with van der Waals surface area (Å²) in [7, 11) is 0. The van der Waals surface area contributed by atoms with Crippen molar-refractivity contribution in [2.75, 3.05) is 26.2 Å². The second-order valence-corrected chi connectivity index (χ2v) is 6.58. The number of amides is 1. The highest BCUT2D eigenvalue weighted by molar-refractivity contribution is 5.82. The zero-order valence-electron chi connectivity index (χ0n) is 14.0. The maximum atomic E-state index is 12.4. The van der Waals surface area contributed by atoms with Crippen LogP contribution in [0, 0.1) is 0 Å². The van der Waals surface area contributed by atoms with Crippen molar-refractivity contribution < 1.29 is 9.53 Å². The highest BCUT2D eigenvalue weighted by Gasteiger charge is 2.32. The lowest BCUT2D eigenvalue weighted by Gasteiger charge is -2.30. The molecule has 0 bridgehead atoms. The van der Waals surface area contributed by atoms with Gasteiger partial charge in [-0.05, 0) is 25.8 Å². The summed E-state index contributed by atoms with van der Waals surface area (Å²) in [4.78, 5) is 14.9. The van der Waals surface area contributed by atoms with Crippen molar-refractivity contribution in [3.8, 4) is 0 Å². The summed E-state index contributed by atoms with van der Waals surface area (Å²) >= 11 is 0. The highest BCUT2D eigenvalue weighted by atomic mass is 16.5. The van der Waals surface area contributed by atoms with Crippen LogP contribution in [0.5, 0.6) is 0 Å². The van der Waals surface area contributed by atoms with E-state index in [1.165, 1.54) is 5.56 Å². The van der Waals surface area contributed by atoms with E-state index in [4.69, 9.17) is 4.74 Å². The molecule has 0 aliphatic carbocycles. The van der Waals surface area contributed by atoms with Gasteiger partial charge in [0.1, 0.15) is 6.04 Å². The Balaban J connectivity index is 1.52. The molecule has 2 saturated heterocycles. The smallest absolute Gasteiger partial charge is 0.240 e. The molecule has 5 nitrogen and oxygen atoms in total. The van der Waals surface area contributed by atoms with Crippen molar-refractivity contribution in [1.29, 1.82) is 0 Å². The van der Waals surface area contributed by atoms with Crippen LogP contribution in [-0.2, 0) is 9.53 Å². The first-order valence-electron chi connectivity index (χ1n) is 8.59. The monoisotopic (exact) mass is 317 g/mol. The van der Waals surface area contributed by atoms with Gasteiger partial charge in [-0.15, -0.1) is 0 Å². The van der Waals surface area contributed by atoms with Gasteiger partial charge in [0, 0.05) is 31.7 Å². The van der Waals surface area contributed by atoms with Crippen LogP contribution in [0.25, 0.3) is 0 Å². The average molecular weight is 317 g/mol. The number of nitrogens with one attached hydrogen (secondary N) is 2. The van der Waals surface area contributed by atoms with E-state index in [1.54, 1.807) is 0 Å². The molecule has 2 unspecified atom stereocenters. The Morgan fingerprint density at radius 1 is 1.39 bits per heavy atom. The van der Waals surface area contributed by atoms with Gasteiger partial charge in [0.05, 0.1) is 12.7 Å². The number of benzene rings is 1. The Kier molecular flexibility index (Phi) is 5.30. The number of likely N-dealkylation sites (tertiary alicyclic amines) is 1. The van der Waals surface area contributed by atoms with Gasteiger partial charge in [0.25, 0.3) is 0 Å². The van der Waals surface area contributed by atoms with Gasteiger partial charge in [-0.25, -0.2) is 0 Å². The zero-order chi connectivity index (χ0) is 16.2. The van der Waals surface area contributed by atoms with Crippen LogP contribution in [0.15, 0.2) is 30.3 Å². The van der Waals surface area contributed by atoms with Crippen LogP contribution < -0.4 is 10.6 Å². The van der Waals surface area contributed by atoms with Crippen molar-refractivity contribution in [2.24, 2.45) is 0 Å². The Morgan fingerprint density at radius 2 is 2.17 bits per heavy atom. The van der Waals surface area contributed by atoms with Crippen molar-refractivity contribution in [1.82, 2.24) is 15.5 Å². The highest BCUT2D eigenvalue weighted by Crippen LogP contribution is 2.24. The van der Waals surface area contributed by atoms with E-state index in [1.807, 2.05) is 13.0 Å². The predicted molar refractivity (Wildman–Crippen MR) is 90.2 cm³/mol. The number of morpholine rings is 1. The standard InChI is InChI=1S/C18H27N3O2/c1-13(15-6-4-3-5-7-15)21-10-8-16(12-21)20-18(22)17-14(2)23-11-9-19-17/h3-7,13-14,16-17,19H,8-12H2,1-2H3,(H,20,22)/t13?,14-,16?,17+/m1/s1. The molecule has 5 heteroatoms. The molecule has 2 N–H and O–H groups in total. The molecule has 126 valence electrons. The first-order valence-corrected chi connectivity index (χ1v) is 8.59. The minimum absolute atomic E-state index is 0.0653. The third-order valence-corrected chi connectivity index (χ3v) is 4.99. The molecule has 1 aromatic carbocycles. The number of hydrogen-bond acceptors (Lipinski definition) is 4. The zero-order valence-corrected chi connectivity index (χ0v) is 14.0. The molecule has 0 spiro atoms. The van der Waals surface area contributed by atoms with E-state index in [-0.39, 0.29) is 24.1 Å². The van der Waals surface area contributed by atoms with Gasteiger partial charge in [0.2, 0.25) is 5.91 Å². The van der Waals surface area contributed by atoms with Crippen LogP contribution in [0.3, 0.4) is 0 Å². The van der Waals surface area contributed by atoms with Gasteiger partial charge in [0.15, 0.2) is 0 Å². The van der Waals surface area contributed by atoms with Crippen LogP contribution >= 0.6 is 0 Å². The van der Waals surface area contributed by atoms with Gasteiger partial charge in [-0.1, -0.05) is 30.3 Å². The molecule has 0 aromatic heterocycles. The first-order chi connectivity index (χ1) is 11.1. The quantitative estimate of drug-likeness (QED) is 0.879. The fourth-order valence-electron chi connectivity index (χ4n) is 3.52. The fourth-order valence-corrected chi connectivity index (χ4v) is 3.52.